The number of piperidine rings is 1. The summed E-state index contributed by atoms with van der Waals surface area (Å²) in [6, 6.07) is 5.71. The van der Waals surface area contributed by atoms with Crippen LogP contribution in [-0.4, -0.2) is 63.7 Å². The fourth-order valence-electron chi connectivity index (χ4n) is 3.82. The van der Waals surface area contributed by atoms with Crippen molar-refractivity contribution in [3.63, 3.8) is 0 Å². The summed E-state index contributed by atoms with van der Waals surface area (Å²) in [5.74, 6) is 0.361. The summed E-state index contributed by atoms with van der Waals surface area (Å²) in [5, 5.41) is 16.5. The average Bonchev–Trinajstić information content (AvgIpc) is 3.23. The minimum Gasteiger partial charge on any atom is -0.497 e. The number of fused-ring (bicyclic) bond motifs is 1. The Kier molecular flexibility index (Phi) is 4.89. The molecule has 1 N–H and O–H groups in total. The van der Waals surface area contributed by atoms with E-state index in [1.54, 1.807) is 11.8 Å². The number of methoxy groups -OCH3 is 1. The molecule has 9 nitrogen and oxygen atoms in total. The Bertz CT molecular complexity index is 888. The first-order valence-electron chi connectivity index (χ1n) is 9.29. The van der Waals surface area contributed by atoms with E-state index in [2.05, 4.69) is 10.3 Å². The SMILES string of the molecule is COc1ccc2c(c1)CC(C(=O)N1CCC(n3cc(C(=O)O)nn3)CC1)CO2. The van der Waals surface area contributed by atoms with Crippen molar-refractivity contribution in [2.45, 2.75) is 25.3 Å². The highest BCUT2D eigenvalue weighted by molar-refractivity contribution is 5.84. The van der Waals surface area contributed by atoms with E-state index >= 15 is 0 Å². The molecule has 2 aromatic rings. The molecular formula is C19H22N4O5. The standard InChI is InChI=1S/C19H22N4O5/c1-27-15-2-3-17-12(9-15)8-13(11-28-17)18(24)22-6-4-14(5-7-22)23-10-16(19(25)26)20-21-23/h2-3,9-10,13-14H,4-8,11H2,1H3,(H,25,26). The lowest BCUT2D eigenvalue weighted by molar-refractivity contribution is -0.138. The van der Waals surface area contributed by atoms with Gasteiger partial charge in [0.15, 0.2) is 5.69 Å². The molecule has 1 aromatic heterocycles. The van der Waals surface area contributed by atoms with E-state index < -0.39 is 5.97 Å². The number of hydrogen-bond donors (Lipinski definition) is 1. The minimum absolute atomic E-state index is 0.0530. The number of ether oxygens (including phenoxy) is 2. The molecule has 3 heterocycles. The van der Waals surface area contributed by atoms with Crippen molar-refractivity contribution < 1.29 is 24.2 Å². The molecule has 28 heavy (non-hydrogen) atoms. The summed E-state index contributed by atoms with van der Waals surface area (Å²) in [5.41, 5.74) is 0.926. The van der Waals surface area contributed by atoms with Crippen LogP contribution >= 0.6 is 0 Å². The minimum atomic E-state index is -1.09. The van der Waals surface area contributed by atoms with Gasteiger partial charge in [-0.1, -0.05) is 5.21 Å². The third-order valence-corrected chi connectivity index (χ3v) is 5.40. The van der Waals surface area contributed by atoms with E-state index in [1.165, 1.54) is 6.20 Å². The van der Waals surface area contributed by atoms with Crippen molar-refractivity contribution >= 4 is 11.9 Å². The number of rotatable bonds is 4. The first-order chi connectivity index (χ1) is 13.5. The van der Waals surface area contributed by atoms with Gasteiger partial charge in [0, 0.05) is 13.1 Å². The lowest BCUT2D eigenvalue weighted by Gasteiger charge is -2.35. The van der Waals surface area contributed by atoms with Gasteiger partial charge in [-0.05, 0) is 43.0 Å². The summed E-state index contributed by atoms with van der Waals surface area (Å²) in [6.07, 6.45) is 3.51. The fourth-order valence-corrected chi connectivity index (χ4v) is 3.82. The average molecular weight is 386 g/mol. The van der Waals surface area contributed by atoms with Crippen molar-refractivity contribution in [2.24, 2.45) is 5.92 Å². The van der Waals surface area contributed by atoms with E-state index in [0.717, 1.165) is 17.1 Å². The van der Waals surface area contributed by atoms with Gasteiger partial charge in [-0.3, -0.25) is 4.79 Å². The molecule has 0 aliphatic carbocycles. The Hall–Kier alpha value is -3.10. The first kappa shape index (κ1) is 18.3. The van der Waals surface area contributed by atoms with Gasteiger partial charge in [0.05, 0.1) is 25.3 Å². The normalized spacial score (nSPS) is 19.6. The first-order valence-corrected chi connectivity index (χ1v) is 9.29. The number of aromatic nitrogens is 3. The fraction of sp³-hybridized carbons (Fsp3) is 0.474. The number of aromatic carboxylic acids is 1. The summed E-state index contributed by atoms with van der Waals surface area (Å²) in [4.78, 5) is 25.8. The monoisotopic (exact) mass is 386 g/mol. The summed E-state index contributed by atoms with van der Waals surface area (Å²) in [7, 11) is 1.62. The van der Waals surface area contributed by atoms with Crippen molar-refractivity contribution in [3.8, 4) is 11.5 Å². The molecular weight excluding hydrogens is 364 g/mol. The maximum absolute atomic E-state index is 13.0. The third-order valence-electron chi connectivity index (χ3n) is 5.40. The van der Waals surface area contributed by atoms with Crippen LogP contribution in [0.2, 0.25) is 0 Å². The second kappa shape index (κ2) is 7.49. The lowest BCUT2D eigenvalue weighted by atomic mass is 9.94. The zero-order valence-electron chi connectivity index (χ0n) is 15.6. The lowest BCUT2D eigenvalue weighted by Crippen LogP contribution is -2.45. The number of hydrogen-bond acceptors (Lipinski definition) is 6. The van der Waals surface area contributed by atoms with Gasteiger partial charge in [0.25, 0.3) is 0 Å². The zero-order chi connectivity index (χ0) is 19.7. The second-order valence-corrected chi connectivity index (χ2v) is 7.13. The number of nitrogens with zero attached hydrogens (tertiary/aromatic N) is 4. The quantitative estimate of drug-likeness (QED) is 0.846. The number of carboxylic acid groups (broad SMARTS) is 1. The summed E-state index contributed by atoms with van der Waals surface area (Å²) < 4.78 is 12.6. The Morgan fingerprint density at radius 2 is 2.07 bits per heavy atom. The van der Waals surface area contributed by atoms with E-state index in [-0.39, 0.29) is 23.6 Å². The molecule has 1 saturated heterocycles. The zero-order valence-corrected chi connectivity index (χ0v) is 15.6. The van der Waals surface area contributed by atoms with Crippen LogP contribution in [0.5, 0.6) is 11.5 Å². The number of carboxylic acids is 1. The second-order valence-electron chi connectivity index (χ2n) is 7.13. The number of amides is 1. The van der Waals surface area contributed by atoms with E-state index in [0.29, 0.717) is 39.0 Å². The van der Waals surface area contributed by atoms with E-state index in [9.17, 15) is 9.59 Å². The number of carbonyl (C=O) groups excluding carboxylic acids is 1. The maximum atomic E-state index is 13.0. The van der Waals surface area contributed by atoms with Gasteiger partial charge < -0.3 is 19.5 Å². The van der Waals surface area contributed by atoms with Gasteiger partial charge in [-0.25, -0.2) is 9.48 Å². The molecule has 0 saturated carbocycles. The molecule has 0 spiro atoms. The highest BCUT2D eigenvalue weighted by Crippen LogP contribution is 2.32. The Morgan fingerprint density at radius 3 is 2.75 bits per heavy atom. The third kappa shape index (κ3) is 3.51. The van der Waals surface area contributed by atoms with Crippen LogP contribution in [0.25, 0.3) is 0 Å². The van der Waals surface area contributed by atoms with Crippen LogP contribution in [0.1, 0.15) is 34.9 Å². The molecule has 1 fully saturated rings. The number of benzene rings is 1. The molecule has 0 radical (unpaired) electrons. The highest BCUT2D eigenvalue weighted by Gasteiger charge is 2.32. The summed E-state index contributed by atoms with van der Waals surface area (Å²) >= 11 is 0. The Balaban J connectivity index is 1.36. The van der Waals surface area contributed by atoms with Crippen LogP contribution in [0.3, 0.4) is 0 Å². The van der Waals surface area contributed by atoms with Crippen LogP contribution in [0.4, 0.5) is 0 Å². The van der Waals surface area contributed by atoms with E-state index in [4.69, 9.17) is 14.6 Å². The Labute approximate surface area is 161 Å². The highest BCUT2D eigenvalue weighted by atomic mass is 16.5. The molecule has 9 heteroatoms. The molecule has 1 atom stereocenters. The van der Waals surface area contributed by atoms with Gasteiger partial charge in [0.1, 0.15) is 18.1 Å². The predicted octanol–water partition coefficient (Wildman–Crippen LogP) is 1.40. The number of likely N-dealkylation sites (tertiary alicyclic amines) is 1. The molecule has 4 rings (SSSR count). The van der Waals surface area contributed by atoms with E-state index in [1.807, 2.05) is 23.1 Å². The smallest absolute Gasteiger partial charge is 0.358 e. The molecule has 148 valence electrons. The molecule has 1 amide bonds. The topological polar surface area (TPSA) is 107 Å². The van der Waals surface area contributed by atoms with Gasteiger partial charge >= 0.3 is 5.97 Å². The van der Waals surface area contributed by atoms with Gasteiger partial charge in [0.2, 0.25) is 5.91 Å². The largest absolute Gasteiger partial charge is 0.497 e. The van der Waals surface area contributed by atoms with Gasteiger partial charge in [-0.2, -0.15) is 0 Å². The van der Waals surface area contributed by atoms with Crippen LogP contribution in [0, 0.1) is 5.92 Å². The molecule has 1 unspecified atom stereocenters. The molecule has 1 aromatic carbocycles. The summed E-state index contributed by atoms with van der Waals surface area (Å²) in [6.45, 7) is 1.59. The van der Waals surface area contributed by atoms with Crippen molar-refractivity contribution in [3.05, 3.63) is 35.7 Å². The van der Waals surface area contributed by atoms with Gasteiger partial charge in [-0.15, -0.1) is 5.10 Å². The molecule has 2 aliphatic rings. The molecule has 2 aliphatic heterocycles. The predicted molar refractivity (Wildman–Crippen MR) is 97.5 cm³/mol. The van der Waals surface area contributed by atoms with Crippen molar-refractivity contribution in [2.75, 3.05) is 26.8 Å². The van der Waals surface area contributed by atoms with Crippen LogP contribution in [-0.2, 0) is 11.2 Å². The van der Waals surface area contributed by atoms with Crippen LogP contribution in [0.15, 0.2) is 24.4 Å². The molecule has 0 bridgehead atoms. The maximum Gasteiger partial charge on any atom is 0.358 e. The van der Waals surface area contributed by atoms with Crippen molar-refractivity contribution in [1.82, 2.24) is 19.9 Å². The van der Waals surface area contributed by atoms with Crippen LogP contribution < -0.4 is 9.47 Å². The van der Waals surface area contributed by atoms with Crippen molar-refractivity contribution in [1.29, 1.82) is 0 Å². The Morgan fingerprint density at radius 1 is 1.29 bits per heavy atom. The number of carbonyl (C=O) groups is 2.